The number of rotatable bonds is 2. The largest absolute Gasteiger partial charge is 0.394 e. The SMILES string of the molecule is CC1(C)CCCCCCC([C@H]2C[C@@H](O)C[C@@H](CO)O2)C1. The van der Waals surface area contributed by atoms with Crippen LogP contribution >= 0.6 is 0 Å². The summed E-state index contributed by atoms with van der Waals surface area (Å²) in [6.45, 7) is 4.77. The third kappa shape index (κ3) is 4.71. The molecule has 0 spiro atoms. The topological polar surface area (TPSA) is 49.7 Å². The number of ether oxygens (including phenoxy) is 1. The van der Waals surface area contributed by atoms with Crippen LogP contribution in [0.25, 0.3) is 0 Å². The normalized spacial score (nSPS) is 39.6. The van der Waals surface area contributed by atoms with Crippen LogP contribution in [0, 0.1) is 11.3 Å². The molecule has 1 aliphatic carbocycles. The van der Waals surface area contributed by atoms with Gasteiger partial charge in [-0.05, 0) is 37.0 Å². The fourth-order valence-electron chi connectivity index (χ4n) is 4.04. The lowest BCUT2D eigenvalue weighted by Crippen LogP contribution is -2.42. The Morgan fingerprint density at radius 2 is 1.85 bits per heavy atom. The zero-order valence-corrected chi connectivity index (χ0v) is 13.2. The van der Waals surface area contributed by atoms with Crippen LogP contribution in [-0.4, -0.2) is 35.1 Å². The molecule has 4 atom stereocenters. The summed E-state index contributed by atoms with van der Waals surface area (Å²) in [5, 5.41) is 19.4. The first-order valence-corrected chi connectivity index (χ1v) is 8.44. The lowest BCUT2D eigenvalue weighted by Gasteiger charge is -2.39. The maximum Gasteiger partial charge on any atom is 0.0834 e. The van der Waals surface area contributed by atoms with Gasteiger partial charge in [-0.25, -0.2) is 0 Å². The number of hydrogen-bond acceptors (Lipinski definition) is 3. The lowest BCUT2D eigenvalue weighted by atomic mass is 9.75. The van der Waals surface area contributed by atoms with Gasteiger partial charge in [-0.15, -0.1) is 0 Å². The minimum Gasteiger partial charge on any atom is -0.394 e. The Kier molecular flexibility index (Phi) is 5.88. The average molecular weight is 284 g/mol. The van der Waals surface area contributed by atoms with Crippen LogP contribution in [0.2, 0.25) is 0 Å². The minimum absolute atomic E-state index is 0.0314. The molecule has 1 aliphatic heterocycles. The number of aliphatic hydroxyl groups excluding tert-OH is 2. The Morgan fingerprint density at radius 3 is 2.60 bits per heavy atom. The van der Waals surface area contributed by atoms with Crippen molar-refractivity contribution in [1.29, 1.82) is 0 Å². The molecule has 2 N–H and O–H groups in total. The van der Waals surface area contributed by atoms with Crippen molar-refractivity contribution in [3.63, 3.8) is 0 Å². The van der Waals surface area contributed by atoms with Crippen molar-refractivity contribution in [2.24, 2.45) is 11.3 Å². The molecule has 3 nitrogen and oxygen atoms in total. The van der Waals surface area contributed by atoms with Crippen molar-refractivity contribution < 1.29 is 14.9 Å². The summed E-state index contributed by atoms with van der Waals surface area (Å²) in [5.41, 5.74) is 0.371. The van der Waals surface area contributed by atoms with Gasteiger partial charge in [-0.3, -0.25) is 0 Å². The summed E-state index contributed by atoms with van der Waals surface area (Å²) < 4.78 is 6.07. The van der Waals surface area contributed by atoms with Crippen molar-refractivity contribution in [2.45, 2.75) is 89.9 Å². The van der Waals surface area contributed by atoms with Gasteiger partial charge in [-0.2, -0.15) is 0 Å². The summed E-state index contributed by atoms with van der Waals surface area (Å²) in [7, 11) is 0. The van der Waals surface area contributed by atoms with E-state index < -0.39 is 0 Å². The van der Waals surface area contributed by atoms with E-state index in [9.17, 15) is 10.2 Å². The highest BCUT2D eigenvalue weighted by Gasteiger charge is 2.35. The molecular weight excluding hydrogens is 252 g/mol. The van der Waals surface area contributed by atoms with Crippen molar-refractivity contribution >= 4 is 0 Å². The lowest BCUT2D eigenvalue weighted by molar-refractivity contribution is -0.136. The van der Waals surface area contributed by atoms with Gasteiger partial charge in [0, 0.05) is 6.42 Å². The Hall–Kier alpha value is -0.120. The van der Waals surface area contributed by atoms with Gasteiger partial charge < -0.3 is 14.9 Å². The van der Waals surface area contributed by atoms with Crippen LogP contribution in [0.4, 0.5) is 0 Å². The molecule has 3 heteroatoms. The van der Waals surface area contributed by atoms with Gasteiger partial charge in [0.05, 0.1) is 24.9 Å². The molecule has 20 heavy (non-hydrogen) atoms. The zero-order chi connectivity index (χ0) is 14.6. The van der Waals surface area contributed by atoms with Crippen molar-refractivity contribution in [2.75, 3.05) is 6.61 Å². The summed E-state index contributed by atoms with van der Waals surface area (Å²) in [6.07, 6.45) is 9.97. The molecule has 1 heterocycles. The Bertz CT molecular complexity index is 290. The Balaban J connectivity index is 2.02. The summed E-state index contributed by atoms with van der Waals surface area (Å²) >= 11 is 0. The predicted octanol–water partition coefficient (Wildman–Crippen LogP) is 3.27. The Labute approximate surface area is 123 Å². The fraction of sp³-hybridized carbons (Fsp3) is 1.00. The molecule has 0 bridgehead atoms. The van der Waals surface area contributed by atoms with Gasteiger partial charge in [0.15, 0.2) is 0 Å². The molecule has 2 fully saturated rings. The van der Waals surface area contributed by atoms with Gasteiger partial charge in [0.2, 0.25) is 0 Å². The summed E-state index contributed by atoms with van der Waals surface area (Å²) in [6, 6.07) is 0. The van der Waals surface area contributed by atoms with E-state index in [1.807, 2.05) is 0 Å². The molecule has 2 rings (SSSR count). The highest BCUT2D eigenvalue weighted by Crippen LogP contribution is 2.39. The van der Waals surface area contributed by atoms with E-state index >= 15 is 0 Å². The monoisotopic (exact) mass is 284 g/mol. The smallest absolute Gasteiger partial charge is 0.0834 e. The highest BCUT2D eigenvalue weighted by molar-refractivity contribution is 4.85. The van der Waals surface area contributed by atoms with Crippen molar-refractivity contribution in [1.82, 2.24) is 0 Å². The van der Waals surface area contributed by atoms with E-state index in [1.54, 1.807) is 0 Å². The second-order valence-corrected chi connectivity index (χ2v) is 7.69. The molecule has 2 aliphatic rings. The molecule has 1 unspecified atom stereocenters. The molecule has 0 aromatic carbocycles. The maximum absolute atomic E-state index is 10.0. The predicted molar refractivity (Wildman–Crippen MR) is 80.6 cm³/mol. The van der Waals surface area contributed by atoms with Gasteiger partial charge in [-0.1, -0.05) is 39.5 Å². The van der Waals surface area contributed by atoms with E-state index in [-0.39, 0.29) is 24.9 Å². The number of hydrogen-bond donors (Lipinski definition) is 2. The maximum atomic E-state index is 10.0. The molecule has 0 amide bonds. The van der Waals surface area contributed by atoms with Crippen LogP contribution < -0.4 is 0 Å². The van der Waals surface area contributed by atoms with Crippen molar-refractivity contribution in [3.8, 4) is 0 Å². The van der Waals surface area contributed by atoms with Crippen LogP contribution in [0.15, 0.2) is 0 Å². The first-order valence-electron chi connectivity index (χ1n) is 8.44. The quantitative estimate of drug-likeness (QED) is 0.818. The van der Waals surface area contributed by atoms with E-state index in [4.69, 9.17) is 4.74 Å². The van der Waals surface area contributed by atoms with E-state index in [1.165, 1.54) is 44.9 Å². The fourth-order valence-corrected chi connectivity index (χ4v) is 4.04. The van der Waals surface area contributed by atoms with Crippen LogP contribution in [0.5, 0.6) is 0 Å². The van der Waals surface area contributed by atoms with Gasteiger partial charge in [0.25, 0.3) is 0 Å². The Morgan fingerprint density at radius 1 is 1.10 bits per heavy atom. The van der Waals surface area contributed by atoms with Crippen LogP contribution in [0.1, 0.15) is 71.6 Å². The average Bonchev–Trinajstić information content (AvgIpc) is 2.48. The summed E-state index contributed by atoms with van der Waals surface area (Å²) in [5.74, 6) is 0.534. The first-order chi connectivity index (χ1) is 9.50. The second-order valence-electron chi connectivity index (χ2n) is 7.69. The van der Waals surface area contributed by atoms with Crippen LogP contribution in [0.3, 0.4) is 0 Å². The minimum atomic E-state index is -0.304. The third-order valence-corrected chi connectivity index (χ3v) is 5.13. The molecule has 118 valence electrons. The van der Waals surface area contributed by atoms with Crippen LogP contribution in [-0.2, 0) is 4.74 Å². The zero-order valence-electron chi connectivity index (χ0n) is 13.2. The standard InChI is InChI=1S/C17H32O3/c1-17(2)8-6-4-3-5-7-13(11-17)16-10-14(19)9-15(12-18)20-16/h13-16,18-19H,3-12H2,1-2H3/t13?,14-,15-,16+/m0/s1. The molecule has 0 radical (unpaired) electrons. The number of aliphatic hydroxyl groups is 2. The molecule has 0 aromatic heterocycles. The third-order valence-electron chi connectivity index (χ3n) is 5.13. The van der Waals surface area contributed by atoms with E-state index in [0.29, 0.717) is 17.8 Å². The van der Waals surface area contributed by atoms with Gasteiger partial charge in [0.1, 0.15) is 0 Å². The first kappa shape index (κ1) is 16.3. The molecular formula is C17H32O3. The molecule has 0 aromatic rings. The molecule has 1 saturated heterocycles. The molecule has 1 saturated carbocycles. The van der Waals surface area contributed by atoms with Gasteiger partial charge >= 0.3 is 0 Å². The van der Waals surface area contributed by atoms with E-state index in [0.717, 1.165) is 6.42 Å². The second kappa shape index (κ2) is 7.24. The summed E-state index contributed by atoms with van der Waals surface area (Å²) in [4.78, 5) is 0. The van der Waals surface area contributed by atoms with Crippen molar-refractivity contribution in [3.05, 3.63) is 0 Å². The van der Waals surface area contributed by atoms with E-state index in [2.05, 4.69) is 13.8 Å². The highest BCUT2D eigenvalue weighted by atomic mass is 16.5.